The number of nitro benzene ring substituents is 1. The number of nitrogens with zero attached hydrogens (tertiary/aromatic N) is 1. The first-order chi connectivity index (χ1) is 17.9. The second-order valence-corrected chi connectivity index (χ2v) is 10.4. The van der Waals surface area contributed by atoms with Crippen LogP contribution in [-0.2, 0) is 22.4 Å². The molecule has 37 heavy (non-hydrogen) atoms. The van der Waals surface area contributed by atoms with Crippen LogP contribution in [0.15, 0.2) is 53.4 Å². The topological polar surface area (TPSA) is 128 Å². The number of hydrogen-bond donors (Lipinski definition) is 2. The van der Waals surface area contributed by atoms with Gasteiger partial charge >= 0.3 is 5.97 Å². The summed E-state index contributed by atoms with van der Waals surface area (Å²) in [7, 11) is 0. The van der Waals surface area contributed by atoms with Crippen LogP contribution in [0.4, 0.5) is 16.4 Å². The van der Waals surface area contributed by atoms with Crippen LogP contribution < -0.4 is 10.6 Å². The van der Waals surface area contributed by atoms with E-state index in [1.165, 1.54) is 47.4 Å². The van der Waals surface area contributed by atoms with Gasteiger partial charge < -0.3 is 15.4 Å². The number of non-ortho nitro benzene ring substituents is 1. The molecule has 1 aromatic heterocycles. The highest BCUT2D eigenvalue weighted by Crippen LogP contribution is 2.38. The van der Waals surface area contributed by atoms with Crippen LogP contribution in [0.5, 0.6) is 0 Å². The molecule has 0 bridgehead atoms. The van der Waals surface area contributed by atoms with E-state index in [4.69, 9.17) is 4.74 Å². The number of amides is 2. The maximum atomic E-state index is 12.8. The van der Waals surface area contributed by atoms with Gasteiger partial charge in [-0.3, -0.25) is 19.7 Å². The number of fused-ring (bicyclic) bond motifs is 1. The molecule has 0 unspecified atom stereocenters. The third kappa shape index (κ3) is 6.55. The first kappa shape index (κ1) is 26.4. The molecule has 2 aromatic carbocycles. The molecule has 0 atom stereocenters. The Morgan fingerprint density at radius 2 is 1.86 bits per heavy atom. The van der Waals surface area contributed by atoms with Gasteiger partial charge in [0.2, 0.25) is 5.91 Å². The summed E-state index contributed by atoms with van der Waals surface area (Å²) in [6.45, 7) is 2.02. The minimum atomic E-state index is -0.555. The van der Waals surface area contributed by atoms with Gasteiger partial charge in [0.1, 0.15) is 5.00 Å². The summed E-state index contributed by atoms with van der Waals surface area (Å²) in [4.78, 5) is 50.2. The molecule has 0 fully saturated rings. The average molecular weight is 540 g/mol. The molecule has 0 aliphatic heterocycles. The van der Waals surface area contributed by atoms with Gasteiger partial charge in [-0.25, -0.2) is 4.79 Å². The maximum absolute atomic E-state index is 12.8. The number of nitrogens with one attached hydrogen (secondary N) is 2. The number of benzene rings is 2. The summed E-state index contributed by atoms with van der Waals surface area (Å²) in [6.07, 6.45) is 3.77. The van der Waals surface area contributed by atoms with Crippen molar-refractivity contribution in [2.24, 2.45) is 0 Å². The molecule has 0 radical (unpaired) electrons. The number of anilines is 2. The fourth-order valence-corrected chi connectivity index (χ4v) is 6.06. The number of thiophene rings is 1. The zero-order chi connectivity index (χ0) is 26.4. The highest BCUT2D eigenvalue weighted by Gasteiger charge is 2.27. The van der Waals surface area contributed by atoms with Crippen LogP contribution in [-0.4, -0.2) is 35.1 Å². The van der Waals surface area contributed by atoms with Crippen LogP contribution in [0.2, 0.25) is 0 Å². The molecule has 11 heteroatoms. The van der Waals surface area contributed by atoms with Gasteiger partial charge in [-0.1, -0.05) is 12.1 Å². The Balaban J connectivity index is 1.39. The average Bonchev–Trinajstić information content (AvgIpc) is 3.25. The first-order valence-corrected chi connectivity index (χ1v) is 13.6. The van der Waals surface area contributed by atoms with Gasteiger partial charge in [0.15, 0.2) is 0 Å². The Hall–Kier alpha value is -3.70. The van der Waals surface area contributed by atoms with Crippen molar-refractivity contribution in [1.82, 2.24) is 0 Å². The number of nitro groups is 1. The molecular weight excluding hydrogens is 514 g/mol. The Labute approximate surface area is 221 Å². The van der Waals surface area contributed by atoms with Gasteiger partial charge in [-0.15, -0.1) is 23.1 Å². The van der Waals surface area contributed by atoms with Crippen molar-refractivity contribution in [2.45, 2.75) is 37.5 Å². The maximum Gasteiger partial charge on any atom is 0.341 e. The normalized spacial score (nSPS) is 12.4. The van der Waals surface area contributed by atoms with Gasteiger partial charge in [0, 0.05) is 33.2 Å². The Morgan fingerprint density at radius 3 is 2.65 bits per heavy atom. The molecule has 0 saturated carbocycles. The van der Waals surface area contributed by atoms with E-state index < -0.39 is 16.8 Å². The molecule has 2 N–H and O–H groups in total. The molecule has 0 saturated heterocycles. The third-order valence-electron chi connectivity index (χ3n) is 5.68. The molecule has 1 aliphatic rings. The summed E-state index contributed by atoms with van der Waals surface area (Å²) in [5, 5.41) is 17.1. The quantitative estimate of drug-likeness (QED) is 0.155. The fourth-order valence-electron chi connectivity index (χ4n) is 4.01. The van der Waals surface area contributed by atoms with Crippen molar-refractivity contribution in [3.8, 4) is 0 Å². The number of ether oxygens (including phenoxy) is 1. The van der Waals surface area contributed by atoms with Crippen molar-refractivity contribution in [2.75, 3.05) is 23.0 Å². The van der Waals surface area contributed by atoms with Crippen LogP contribution in [0, 0.1) is 10.1 Å². The summed E-state index contributed by atoms with van der Waals surface area (Å²) in [5.41, 5.74) is 1.97. The molecule has 2 amide bonds. The van der Waals surface area contributed by atoms with Crippen LogP contribution in [0.1, 0.15) is 50.9 Å². The predicted molar refractivity (Wildman–Crippen MR) is 144 cm³/mol. The lowest BCUT2D eigenvalue weighted by atomic mass is 9.95. The Bertz CT molecular complexity index is 1350. The fraction of sp³-hybridized carbons (Fsp3) is 0.269. The highest BCUT2D eigenvalue weighted by molar-refractivity contribution is 8.00. The zero-order valence-electron chi connectivity index (χ0n) is 20.1. The van der Waals surface area contributed by atoms with E-state index in [2.05, 4.69) is 10.6 Å². The van der Waals surface area contributed by atoms with Crippen LogP contribution >= 0.6 is 23.1 Å². The molecule has 192 valence electrons. The van der Waals surface area contributed by atoms with Crippen molar-refractivity contribution in [3.63, 3.8) is 0 Å². The molecule has 0 spiro atoms. The van der Waals surface area contributed by atoms with E-state index in [0.29, 0.717) is 16.3 Å². The van der Waals surface area contributed by atoms with E-state index in [1.807, 2.05) is 6.07 Å². The second kappa shape index (κ2) is 12.0. The molecule has 1 heterocycles. The summed E-state index contributed by atoms with van der Waals surface area (Å²) in [6, 6.07) is 12.5. The minimum Gasteiger partial charge on any atom is -0.462 e. The Morgan fingerprint density at radius 1 is 1.08 bits per heavy atom. The predicted octanol–water partition coefficient (Wildman–Crippen LogP) is 5.69. The van der Waals surface area contributed by atoms with Gasteiger partial charge in [0.05, 0.1) is 22.8 Å². The SMILES string of the molecule is CCOC(=O)c1c(NC(=O)CSc2cccc(NC(=O)c3cccc([N+](=O)[O-])c3)c2)sc2c1CCCC2. The van der Waals surface area contributed by atoms with Gasteiger partial charge in [-0.2, -0.15) is 0 Å². The largest absolute Gasteiger partial charge is 0.462 e. The number of aryl methyl sites for hydroxylation is 1. The number of rotatable bonds is 9. The van der Waals surface area contributed by atoms with E-state index in [0.717, 1.165) is 41.0 Å². The summed E-state index contributed by atoms with van der Waals surface area (Å²) >= 11 is 2.73. The van der Waals surface area contributed by atoms with E-state index in [1.54, 1.807) is 25.1 Å². The van der Waals surface area contributed by atoms with Crippen molar-refractivity contribution >= 4 is 57.3 Å². The minimum absolute atomic E-state index is 0.104. The lowest BCUT2D eigenvalue weighted by Gasteiger charge is -2.12. The number of esters is 1. The van der Waals surface area contributed by atoms with Crippen molar-refractivity contribution < 1.29 is 24.0 Å². The zero-order valence-corrected chi connectivity index (χ0v) is 21.7. The summed E-state index contributed by atoms with van der Waals surface area (Å²) in [5.74, 6) is -1.03. The van der Waals surface area contributed by atoms with E-state index in [-0.39, 0.29) is 29.5 Å². The smallest absolute Gasteiger partial charge is 0.341 e. The number of carbonyl (C=O) groups excluding carboxylic acids is 3. The lowest BCUT2D eigenvalue weighted by molar-refractivity contribution is -0.384. The van der Waals surface area contributed by atoms with Crippen molar-refractivity contribution in [1.29, 1.82) is 0 Å². The molecule has 9 nitrogen and oxygen atoms in total. The first-order valence-electron chi connectivity index (χ1n) is 11.8. The van der Waals surface area contributed by atoms with Crippen LogP contribution in [0.25, 0.3) is 0 Å². The molecule has 3 aromatic rings. The standard InChI is InChI=1S/C26H25N3O6S2/c1-2-35-26(32)23-20-11-3-4-12-21(20)37-25(23)28-22(30)15-36-19-10-6-8-17(14-19)27-24(31)16-7-5-9-18(13-16)29(33)34/h5-10,13-14H,2-4,11-12,15H2,1H3,(H,27,31)(H,28,30). The lowest BCUT2D eigenvalue weighted by Crippen LogP contribution is -2.17. The van der Waals surface area contributed by atoms with Gasteiger partial charge in [-0.05, 0) is 62.4 Å². The molecule has 1 aliphatic carbocycles. The number of thioether (sulfide) groups is 1. The van der Waals surface area contributed by atoms with Crippen LogP contribution in [0.3, 0.4) is 0 Å². The van der Waals surface area contributed by atoms with Gasteiger partial charge in [0.25, 0.3) is 11.6 Å². The summed E-state index contributed by atoms with van der Waals surface area (Å²) < 4.78 is 5.24. The monoisotopic (exact) mass is 539 g/mol. The third-order valence-corrected chi connectivity index (χ3v) is 7.89. The number of carbonyl (C=O) groups is 3. The highest BCUT2D eigenvalue weighted by atomic mass is 32.2. The van der Waals surface area contributed by atoms with E-state index >= 15 is 0 Å². The Kier molecular flexibility index (Phi) is 8.57. The van der Waals surface area contributed by atoms with E-state index in [9.17, 15) is 24.5 Å². The van der Waals surface area contributed by atoms with Crippen molar-refractivity contribution in [3.05, 3.63) is 80.2 Å². The molecule has 4 rings (SSSR count). The molecular formula is C26H25N3O6S2. The second-order valence-electron chi connectivity index (χ2n) is 8.26. The number of hydrogen-bond acceptors (Lipinski definition) is 8.